The maximum absolute atomic E-state index is 10.5. The summed E-state index contributed by atoms with van der Waals surface area (Å²) < 4.78 is 0.746. The number of halogens is 1. The number of nitrogens with zero attached hydrogens (tertiary/aromatic N) is 1. The van der Waals surface area contributed by atoms with Crippen LogP contribution in [0.5, 0.6) is 0 Å². The van der Waals surface area contributed by atoms with Crippen molar-refractivity contribution in [1.29, 1.82) is 0 Å². The maximum Gasteiger partial charge on any atom is 0.270 e. The van der Waals surface area contributed by atoms with Gasteiger partial charge in [-0.05, 0) is 18.6 Å². The molecule has 0 saturated heterocycles. The molecule has 0 spiro atoms. The van der Waals surface area contributed by atoms with Crippen molar-refractivity contribution < 1.29 is 4.92 Å². The summed E-state index contributed by atoms with van der Waals surface area (Å²) in [6, 6.07) is 4.76. The van der Waals surface area contributed by atoms with Gasteiger partial charge in [0.05, 0.1) is 4.92 Å². The van der Waals surface area contributed by atoms with Crippen LogP contribution in [0.1, 0.15) is 12.5 Å². The lowest BCUT2D eigenvalue weighted by atomic mass is 10.2. The van der Waals surface area contributed by atoms with Crippen LogP contribution in [0.3, 0.4) is 0 Å². The van der Waals surface area contributed by atoms with Crippen LogP contribution in [0.15, 0.2) is 34.8 Å². The van der Waals surface area contributed by atoms with Crippen LogP contribution >= 0.6 is 15.9 Å². The molecule has 0 fully saturated rings. The van der Waals surface area contributed by atoms with E-state index >= 15 is 0 Å². The Kier molecular flexibility index (Phi) is 4.64. The largest absolute Gasteiger partial charge is 0.309 e. The molecule has 0 unspecified atom stereocenters. The summed E-state index contributed by atoms with van der Waals surface area (Å²) in [5.41, 5.74) is 2.14. The predicted molar refractivity (Wildman–Crippen MR) is 67.3 cm³/mol. The fourth-order valence-corrected chi connectivity index (χ4v) is 1.71. The Morgan fingerprint density at radius 1 is 1.62 bits per heavy atom. The lowest BCUT2D eigenvalue weighted by Crippen LogP contribution is -2.15. The maximum atomic E-state index is 10.5. The number of nitrogens with one attached hydrogen (secondary N) is 1. The Bertz CT molecular complexity index is 418. The molecule has 0 aliphatic rings. The second kappa shape index (κ2) is 5.77. The van der Waals surface area contributed by atoms with E-state index < -0.39 is 4.92 Å². The first-order valence-electron chi connectivity index (χ1n) is 4.78. The van der Waals surface area contributed by atoms with Crippen LogP contribution < -0.4 is 5.32 Å². The van der Waals surface area contributed by atoms with Gasteiger partial charge in [0, 0.05) is 29.7 Å². The quantitative estimate of drug-likeness (QED) is 0.514. The standard InChI is InChI=1S/C11H13BrN2O2/c1-8(2)6-13-7-9-3-4-10(14(15)16)5-11(9)12/h3-5,13H,1,6-7H2,2H3. The predicted octanol–water partition coefficient (Wildman–Crippen LogP) is 3.02. The van der Waals surface area contributed by atoms with Crippen molar-refractivity contribution in [2.45, 2.75) is 13.5 Å². The third kappa shape index (κ3) is 3.75. The van der Waals surface area contributed by atoms with Gasteiger partial charge in [-0.15, -0.1) is 0 Å². The highest BCUT2D eigenvalue weighted by atomic mass is 79.9. The number of benzene rings is 1. The molecule has 5 heteroatoms. The van der Waals surface area contributed by atoms with E-state index in [4.69, 9.17) is 0 Å². The van der Waals surface area contributed by atoms with E-state index in [0.717, 1.165) is 22.2 Å². The molecule has 0 saturated carbocycles. The minimum absolute atomic E-state index is 0.0931. The second-order valence-electron chi connectivity index (χ2n) is 3.59. The van der Waals surface area contributed by atoms with Crippen molar-refractivity contribution in [3.63, 3.8) is 0 Å². The van der Waals surface area contributed by atoms with E-state index in [1.807, 2.05) is 6.92 Å². The van der Waals surface area contributed by atoms with Crippen LogP contribution in [0.2, 0.25) is 0 Å². The molecule has 0 aromatic heterocycles. The van der Waals surface area contributed by atoms with Crippen LogP contribution in [-0.2, 0) is 6.54 Å². The van der Waals surface area contributed by atoms with Crippen molar-refractivity contribution in [1.82, 2.24) is 5.32 Å². The lowest BCUT2D eigenvalue weighted by molar-refractivity contribution is -0.384. The van der Waals surface area contributed by atoms with E-state index in [1.165, 1.54) is 12.1 Å². The Hall–Kier alpha value is -1.20. The number of hydrogen-bond donors (Lipinski definition) is 1. The van der Waals surface area contributed by atoms with Crippen molar-refractivity contribution in [3.8, 4) is 0 Å². The molecule has 0 aliphatic heterocycles. The smallest absolute Gasteiger partial charge is 0.270 e. The molecule has 0 heterocycles. The summed E-state index contributed by atoms with van der Waals surface area (Å²) in [6.45, 7) is 7.12. The van der Waals surface area contributed by atoms with Crippen LogP contribution in [0.25, 0.3) is 0 Å². The fraction of sp³-hybridized carbons (Fsp3) is 0.273. The Morgan fingerprint density at radius 2 is 2.31 bits per heavy atom. The first-order valence-corrected chi connectivity index (χ1v) is 5.58. The van der Waals surface area contributed by atoms with Crippen molar-refractivity contribution in [3.05, 3.63) is 50.5 Å². The molecule has 86 valence electrons. The number of rotatable bonds is 5. The van der Waals surface area contributed by atoms with Gasteiger partial charge < -0.3 is 5.32 Å². The zero-order valence-electron chi connectivity index (χ0n) is 9.00. The minimum Gasteiger partial charge on any atom is -0.309 e. The molecule has 0 aliphatic carbocycles. The highest BCUT2D eigenvalue weighted by Gasteiger charge is 2.08. The number of hydrogen-bond acceptors (Lipinski definition) is 3. The third-order valence-corrected chi connectivity index (χ3v) is 2.73. The summed E-state index contributed by atoms with van der Waals surface area (Å²) in [4.78, 5) is 10.1. The summed E-state index contributed by atoms with van der Waals surface area (Å²) in [5.74, 6) is 0. The molecule has 0 atom stereocenters. The van der Waals surface area contributed by atoms with Crippen molar-refractivity contribution in [2.75, 3.05) is 6.54 Å². The van der Waals surface area contributed by atoms with E-state index in [9.17, 15) is 10.1 Å². The monoisotopic (exact) mass is 284 g/mol. The highest BCUT2D eigenvalue weighted by Crippen LogP contribution is 2.22. The average molecular weight is 285 g/mol. The Balaban J connectivity index is 2.68. The molecular formula is C11H13BrN2O2. The van der Waals surface area contributed by atoms with Gasteiger partial charge in [0.1, 0.15) is 0 Å². The fourth-order valence-electron chi connectivity index (χ4n) is 1.20. The Morgan fingerprint density at radius 3 is 2.81 bits per heavy atom. The normalized spacial score (nSPS) is 10.1. The lowest BCUT2D eigenvalue weighted by Gasteiger charge is -2.06. The van der Waals surface area contributed by atoms with Crippen LogP contribution in [-0.4, -0.2) is 11.5 Å². The summed E-state index contributed by atoms with van der Waals surface area (Å²) in [7, 11) is 0. The molecular weight excluding hydrogens is 272 g/mol. The highest BCUT2D eigenvalue weighted by molar-refractivity contribution is 9.10. The molecule has 4 nitrogen and oxygen atoms in total. The van der Waals surface area contributed by atoms with Gasteiger partial charge in [-0.2, -0.15) is 0 Å². The van der Waals surface area contributed by atoms with Crippen molar-refractivity contribution in [2.24, 2.45) is 0 Å². The zero-order chi connectivity index (χ0) is 12.1. The van der Waals surface area contributed by atoms with E-state index in [0.29, 0.717) is 6.54 Å². The van der Waals surface area contributed by atoms with E-state index in [-0.39, 0.29) is 5.69 Å². The van der Waals surface area contributed by atoms with Gasteiger partial charge in [-0.25, -0.2) is 0 Å². The van der Waals surface area contributed by atoms with Gasteiger partial charge in [-0.3, -0.25) is 10.1 Å². The minimum atomic E-state index is -0.407. The molecule has 1 N–H and O–H groups in total. The van der Waals surface area contributed by atoms with Crippen LogP contribution in [0, 0.1) is 10.1 Å². The van der Waals surface area contributed by atoms with Gasteiger partial charge >= 0.3 is 0 Å². The summed E-state index contributed by atoms with van der Waals surface area (Å²) in [5, 5.41) is 13.7. The number of non-ortho nitro benzene ring substituents is 1. The van der Waals surface area contributed by atoms with Crippen LogP contribution in [0.4, 0.5) is 5.69 Å². The Labute approximate surface area is 103 Å². The molecule has 16 heavy (non-hydrogen) atoms. The van der Waals surface area contributed by atoms with E-state index in [2.05, 4.69) is 27.8 Å². The molecule has 0 bridgehead atoms. The van der Waals surface area contributed by atoms with Gasteiger partial charge in [-0.1, -0.05) is 28.1 Å². The molecule has 0 radical (unpaired) electrons. The first-order chi connectivity index (χ1) is 7.50. The number of nitro benzene ring substituents is 1. The average Bonchev–Trinajstić information content (AvgIpc) is 2.19. The third-order valence-electron chi connectivity index (χ3n) is 1.99. The molecule has 0 amide bonds. The van der Waals surface area contributed by atoms with Crippen molar-refractivity contribution >= 4 is 21.6 Å². The second-order valence-corrected chi connectivity index (χ2v) is 4.45. The topological polar surface area (TPSA) is 55.2 Å². The number of nitro groups is 1. The van der Waals surface area contributed by atoms with E-state index in [1.54, 1.807) is 6.07 Å². The SMILES string of the molecule is C=C(C)CNCc1ccc([N+](=O)[O-])cc1Br. The molecule has 1 aromatic rings. The summed E-state index contributed by atoms with van der Waals surface area (Å²) >= 11 is 3.32. The first kappa shape index (κ1) is 12.9. The molecule has 1 rings (SSSR count). The van der Waals surface area contributed by atoms with Gasteiger partial charge in [0.25, 0.3) is 5.69 Å². The van der Waals surface area contributed by atoms with Gasteiger partial charge in [0.2, 0.25) is 0 Å². The summed E-state index contributed by atoms with van der Waals surface area (Å²) in [6.07, 6.45) is 0. The molecule has 1 aromatic carbocycles. The zero-order valence-corrected chi connectivity index (χ0v) is 10.6. The van der Waals surface area contributed by atoms with Gasteiger partial charge in [0.15, 0.2) is 0 Å².